The monoisotopic (exact) mass is 495 g/mol. The number of carbonyl (C=O) groups is 3. The normalized spacial score (nSPS) is 14.4. The second kappa shape index (κ2) is 10.0. The van der Waals surface area contributed by atoms with Crippen LogP contribution in [-0.4, -0.2) is 51.5 Å². The summed E-state index contributed by atoms with van der Waals surface area (Å²) in [5.74, 6) is -2.40. The van der Waals surface area contributed by atoms with Gasteiger partial charge in [0.2, 0.25) is 0 Å². The van der Waals surface area contributed by atoms with Crippen LogP contribution >= 0.6 is 11.6 Å². The summed E-state index contributed by atoms with van der Waals surface area (Å²) in [6, 6.07) is 11.8. The number of halogens is 1. The van der Waals surface area contributed by atoms with E-state index in [1.807, 2.05) is 24.3 Å². The number of aromatic nitrogens is 1. The summed E-state index contributed by atoms with van der Waals surface area (Å²) in [6.45, 7) is 7.10. The zero-order valence-electron chi connectivity index (χ0n) is 19.7. The van der Waals surface area contributed by atoms with Crippen LogP contribution in [0.4, 0.5) is 5.69 Å². The summed E-state index contributed by atoms with van der Waals surface area (Å²) in [4.78, 5) is 44.5. The summed E-state index contributed by atoms with van der Waals surface area (Å²) in [6.07, 6.45) is -0.407. The van der Waals surface area contributed by atoms with Crippen LogP contribution < -0.4 is 5.32 Å². The number of carbonyl (C=O) groups excluding carboxylic acids is 2. The molecule has 35 heavy (non-hydrogen) atoms. The van der Waals surface area contributed by atoms with Crippen molar-refractivity contribution in [3.8, 4) is 0 Å². The minimum atomic E-state index is -1.21. The zero-order valence-corrected chi connectivity index (χ0v) is 20.4. The van der Waals surface area contributed by atoms with Gasteiger partial charge in [0.25, 0.3) is 5.91 Å². The van der Waals surface area contributed by atoms with Crippen LogP contribution in [-0.2, 0) is 22.5 Å². The molecule has 0 radical (unpaired) electrons. The largest absolute Gasteiger partial charge is 0.478 e. The van der Waals surface area contributed by atoms with E-state index in [-0.39, 0.29) is 16.3 Å². The molecule has 2 aromatic carbocycles. The topological polar surface area (TPSA) is 109 Å². The van der Waals surface area contributed by atoms with Crippen LogP contribution in [0.3, 0.4) is 0 Å². The molecular formula is C26H26ClN3O5. The number of esters is 1. The molecule has 4 rings (SSSR count). The number of aromatic carboxylic acids is 1. The predicted octanol–water partition coefficient (Wildman–Crippen LogP) is 4.54. The van der Waals surface area contributed by atoms with Gasteiger partial charge in [0.1, 0.15) is 0 Å². The lowest BCUT2D eigenvalue weighted by atomic mass is 9.95. The lowest BCUT2D eigenvalue weighted by Gasteiger charge is -2.32. The van der Waals surface area contributed by atoms with E-state index in [4.69, 9.17) is 21.3 Å². The van der Waals surface area contributed by atoms with E-state index in [0.717, 1.165) is 24.2 Å². The average Bonchev–Trinajstić information content (AvgIpc) is 2.82. The Morgan fingerprint density at radius 2 is 1.89 bits per heavy atom. The molecule has 8 nitrogen and oxygen atoms in total. The summed E-state index contributed by atoms with van der Waals surface area (Å²) in [7, 11) is 0. The van der Waals surface area contributed by atoms with E-state index in [1.54, 1.807) is 0 Å². The lowest BCUT2D eigenvalue weighted by Crippen LogP contribution is -2.37. The van der Waals surface area contributed by atoms with Gasteiger partial charge in [-0.3, -0.25) is 14.7 Å². The van der Waals surface area contributed by atoms with Crippen LogP contribution in [0, 0.1) is 0 Å². The van der Waals surface area contributed by atoms with Crippen LogP contribution in [0.25, 0.3) is 10.9 Å². The molecule has 0 spiro atoms. The maximum absolute atomic E-state index is 13.4. The van der Waals surface area contributed by atoms with E-state index in [0.29, 0.717) is 29.1 Å². The quantitative estimate of drug-likeness (QED) is 0.483. The summed E-state index contributed by atoms with van der Waals surface area (Å²) >= 11 is 5.89. The first-order valence-corrected chi connectivity index (χ1v) is 11.7. The summed E-state index contributed by atoms with van der Waals surface area (Å²) in [5, 5.41) is 12.6. The molecule has 1 amide bonds. The molecule has 0 saturated carbocycles. The molecule has 0 fully saturated rings. The van der Waals surface area contributed by atoms with E-state index >= 15 is 0 Å². The van der Waals surface area contributed by atoms with Gasteiger partial charge in [-0.2, -0.15) is 0 Å². The van der Waals surface area contributed by atoms with E-state index in [9.17, 15) is 19.5 Å². The number of ether oxygens (including phenoxy) is 1. The Labute approximate surface area is 207 Å². The predicted molar refractivity (Wildman–Crippen MR) is 133 cm³/mol. The number of pyridine rings is 1. The highest BCUT2D eigenvalue weighted by Crippen LogP contribution is 2.30. The summed E-state index contributed by atoms with van der Waals surface area (Å²) < 4.78 is 5.60. The van der Waals surface area contributed by atoms with E-state index in [2.05, 4.69) is 24.1 Å². The van der Waals surface area contributed by atoms with Crippen molar-refractivity contribution in [2.24, 2.45) is 0 Å². The SMILES string of the molecule is CC(OC(=O)c1c2c(nc3ccccc13)CCN(C(C)C)C2)C(=O)Nc1ccc(Cl)c(C(=O)O)c1. The smallest absolute Gasteiger partial charge is 0.339 e. The number of nitrogens with zero attached hydrogens (tertiary/aromatic N) is 2. The first kappa shape index (κ1) is 24.6. The second-order valence-electron chi connectivity index (χ2n) is 8.78. The number of hydrogen-bond donors (Lipinski definition) is 2. The van der Waals surface area contributed by atoms with Gasteiger partial charge < -0.3 is 15.2 Å². The number of fused-ring (bicyclic) bond motifs is 2. The van der Waals surface area contributed by atoms with Gasteiger partial charge in [-0.05, 0) is 45.0 Å². The number of benzene rings is 2. The Morgan fingerprint density at radius 3 is 2.60 bits per heavy atom. The molecule has 2 heterocycles. The molecule has 0 saturated heterocycles. The van der Waals surface area contributed by atoms with Crippen LogP contribution in [0.2, 0.25) is 5.02 Å². The maximum Gasteiger partial charge on any atom is 0.339 e. The van der Waals surface area contributed by atoms with Gasteiger partial charge in [-0.25, -0.2) is 9.59 Å². The van der Waals surface area contributed by atoms with Crippen molar-refractivity contribution in [1.82, 2.24) is 9.88 Å². The Morgan fingerprint density at radius 1 is 1.14 bits per heavy atom. The number of carboxylic acid groups (broad SMARTS) is 1. The highest BCUT2D eigenvalue weighted by Gasteiger charge is 2.29. The van der Waals surface area contributed by atoms with Crippen molar-refractivity contribution in [1.29, 1.82) is 0 Å². The molecular weight excluding hydrogens is 470 g/mol. The third-order valence-corrected chi connectivity index (χ3v) is 6.46. The Balaban J connectivity index is 1.60. The first-order chi connectivity index (χ1) is 16.7. The van der Waals surface area contributed by atoms with Crippen molar-refractivity contribution in [3.63, 3.8) is 0 Å². The second-order valence-corrected chi connectivity index (χ2v) is 9.19. The molecule has 0 bridgehead atoms. The number of para-hydroxylation sites is 1. The van der Waals surface area contributed by atoms with Crippen molar-refractivity contribution in [2.45, 2.75) is 45.9 Å². The van der Waals surface area contributed by atoms with Gasteiger partial charge in [0, 0.05) is 47.9 Å². The average molecular weight is 496 g/mol. The first-order valence-electron chi connectivity index (χ1n) is 11.3. The number of hydrogen-bond acceptors (Lipinski definition) is 6. The fourth-order valence-electron chi connectivity index (χ4n) is 4.17. The maximum atomic E-state index is 13.4. The molecule has 2 N–H and O–H groups in total. The standard InChI is InChI=1S/C26H26ClN3O5/c1-14(2)30-11-10-22-19(13-30)23(17-6-4-5-7-21(17)29-22)26(34)35-15(3)24(31)28-16-8-9-20(27)18(12-16)25(32)33/h4-9,12,14-15H,10-11,13H2,1-3H3,(H,28,31)(H,32,33). The van der Waals surface area contributed by atoms with Gasteiger partial charge in [-0.1, -0.05) is 29.8 Å². The summed E-state index contributed by atoms with van der Waals surface area (Å²) in [5.41, 5.74) is 2.92. The Hall–Kier alpha value is -3.49. The van der Waals surface area contributed by atoms with Crippen LogP contribution in [0.5, 0.6) is 0 Å². The van der Waals surface area contributed by atoms with Gasteiger partial charge >= 0.3 is 11.9 Å². The highest BCUT2D eigenvalue weighted by atomic mass is 35.5. The van der Waals surface area contributed by atoms with Crippen molar-refractivity contribution in [2.75, 3.05) is 11.9 Å². The van der Waals surface area contributed by atoms with Crippen molar-refractivity contribution in [3.05, 3.63) is 69.9 Å². The van der Waals surface area contributed by atoms with Gasteiger partial charge in [0.05, 0.1) is 21.7 Å². The minimum absolute atomic E-state index is 0.0553. The van der Waals surface area contributed by atoms with Crippen molar-refractivity contribution < 1.29 is 24.2 Å². The fraction of sp³-hybridized carbons (Fsp3) is 0.308. The highest BCUT2D eigenvalue weighted by molar-refractivity contribution is 6.33. The van der Waals surface area contributed by atoms with Crippen molar-refractivity contribution >= 4 is 46.0 Å². The number of anilines is 1. The Bertz CT molecular complexity index is 1320. The molecule has 182 valence electrons. The Kier molecular flexibility index (Phi) is 7.05. The number of carboxylic acids is 1. The molecule has 9 heteroatoms. The molecule has 1 atom stereocenters. The van der Waals surface area contributed by atoms with E-state index < -0.39 is 23.9 Å². The minimum Gasteiger partial charge on any atom is -0.478 e. The number of amides is 1. The van der Waals surface area contributed by atoms with Crippen LogP contribution in [0.1, 0.15) is 52.7 Å². The van der Waals surface area contributed by atoms with Gasteiger partial charge in [-0.15, -0.1) is 0 Å². The number of nitrogens with one attached hydrogen (secondary N) is 1. The van der Waals surface area contributed by atoms with Crippen LogP contribution in [0.15, 0.2) is 42.5 Å². The third-order valence-electron chi connectivity index (χ3n) is 6.13. The van der Waals surface area contributed by atoms with Gasteiger partial charge in [0.15, 0.2) is 6.10 Å². The fourth-order valence-corrected chi connectivity index (χ4v) is 4.37. The van der Waals surface area contributed by atoms with E-state index in [1.165, 1.54) is 25.1 Å². The third kappa shape index (κ3) is 5.13. The lowest BCUT2D eigenvalue weighted by molar-refractivity contribution is -0.123. The number of rotatable bonds is 6. The molecule has 3 aromatic rings. The zero-order chi connectivity index (χ0) is 25.3. The molecule has 1 aliphatic heterocycles. The molecule has 1 unspecified atom stereocenters. The molecule has 1 aromatic heterocycles. The molecule has 0 aliphatic carbocycles. The molecule has 1 aliphatic rings.